The van der Waals surface area contributed by atoms with Crippen LogP contribution in [0.15, 0.2) is 0 Å². The van der Waals surface area contributed by atoms with Crippen molar-refractivity contribution < 1.29 is 0 Å². The van der Waals surface area contributed by atoms with Crippen LogP contribution in [0.5, 0.6) is 0 Å². The third-order valence-corrected chi connectivity index (χ3v) is 5.76. The minimum Gasteiger partial charge on any atom is -0.315 e. The van der Waals surface area contributed by atoms with E-state index in [1.165, 1.54) is 32.2 Å². The lowest BCUT2D eigenvalue weighted by Gasteiger charge is -2.12. The quantitative estimate of drug-likeness (QED) is 0.695. The zero-order valence-corrected chi connectivity index (χ0v) is 12.1. The van der Waals surface area contributed by atoms with E-state index in [9.17, 15) is 0 Å². The van der Waals surface area contributed by atoms with Gasteiger partial charge in [0.2, 0.25) is 0 Å². The molecule has 0 heterocycles. The molecule has 0 unspecified atom stereocenters. The fraction of sp³-hybridized carbons (Fsp3) is 1.00. The molecule has 2 aliphatic carbocycles. The first-order valence-electron chi connectivity index (χ1n) is 7.40. The second kappa shape index (κ2) is 4.89. The molecule has 0 aromatic rings. The summed E-state index contributed by atoms with van der Waals surface area (Å²) in [6.45, 7) is 13.0. The molecule has 0 radical (unpaired) electrons. The Morgan fingerprint density at radius 1 is 0.941 bits per heavy atom. The minimum atomic E-state index is 0.527. The molecule has 0 aromatic carbocycles. The zero-order valence-electron chi connectivity index (χ0n) is 12.1. The fourth-order valence-corrected chi connectivity index (χ4v) is 3.58. The maximum Gasteiger partial charge on any atom is 0.00793 e. The summed E-state index contributed by atoms with van der Waals surface area (Å²) in [5, 5.41) is 7.27. The summed E-state index contributed by atoms with van der Waals surface area (Å²) >= 11 is 0. The third kappa shape index (κ3) is 2.68. The molecular weight excluding hydrogens is 208 g/mol. The Labute approximate surface area is 107 Å². The van der Waals surface area contributed by atoms with Gasteiger partial charge in [0.1, 0.15) is 0 Å². The molecule has 2 N–H and O–H groups in total. The molecule has 0 aliphatic heterocycles. The van der Waals surface area contributed by atoms with Crippen LogP contribution in [-0.4, -0.2) is 25.7 Å². The van der Waals surface area contributed by atoms with Gasteiger partial charge in [0, 0.05) is 19.1 Å². The van der Waals surface area contributed by atoms with Gasteiger partial charge in [-0.2, -0.15) is 0 Å². The summed E-state index contributed by atoms with van der Waals surface area (Å²) in [7, 11) is 0. The topological polar surface area (TPSA) is 24.1 Å². The molecule has 0 amide bonds. The van der Waals surface area contributed by atoms with E-state index in [0.29, 0.717) is 10.8 Å². The minimum absolute atomic E-state index is 0.527. The SMILES string of the molecule is CC1(C)C(CNCCNC2CCCC2)C1(C)C. The van der Waals surface area contributed by atoms with Gasteiger partial charge in [0.25, 0.3) is 0 Å². The van der Waals surface area contributed by atoms with Crippen LogP contribution < -0.4 is 10.6 Å². The van der Waals surface area contributed by atoms with Crippen LogP contribution in [0.1, 0.15) is 53.4 Å². The van der Waals surface area contributed by atoms with Crippen molar-refractivity contribution in [3.63, 3.8) is 0 Å². The molecule has 0 aromatic heterocycles. The molecule has 2 heteroatoms. The van der Waals surface area contributed by atoms with Crippen molar-refractivity contribution in [1.29, 1.82) is 0 Å². The molecule has 2 saturated carbocycles. The van der Waals surface area contributed by atoms with Gasteiger partial charge in [-0.3, -0.25) is 0 Å². The molecule has 2 fully saturated rings. The summed E-state index contributed by atoms with van der Waals surface area (Å²) in [6, 6.07) is 0.811. The van der Waals surface area contributed by atoms with Gasteiger partial charge in [0.15, 0.2) is 0 Å². The molecule has 2 rings (SSSR count). The van der Waals surface area contributed by atoms with Crippen LogP contribution in [0.25, 0.3) is 0 Å². The largest absolute Gasteiger partial charge is 0.315 e. The Bertz CT molecular complexity index is 238. The number of nitrogens with one attached hydrogen (secondary N) is 2. The van der Waals surface area contributed by atoms with Crippen molar-refractivity contribution >= 4 is 0 Å². The first kappa shape index (κ1) is 13.4. The van der Waals surface area contributed by atoms with E-state index in [4.69, 9.17) is 0 Å². The van der Waals surface area contributed by atoms with E-state index in [-0.39, 0.29) is 0 Å². The molecule has 0 bridgehead atoms. The van der Waals surface area contributed by atoms with Crippen molar-refractivity contribution in [2.24, 2.45) is 16.7 Å². The maximum absolute atomic E-state index is 3.65. The highest BCUT2D eigenvalue weighted by molar-refractivity contribution is 5.12. The molecule has 100 valence electrons. The third-order valence-electron chi connectivity index (χ3n) is 5.76. The Morgan fingerprint density at radius 2 is 1.53 bits per heavy atom. The summed E-state index contributed by atoms with van der Waals surface area (Å²) < 4.78 is 0. The first-order chi connectivity index (χ1) is 7.96. The second-order valence-electron chi connectivity index (χ2n) is 7.14. The summed E-state index contributed by atoms with van der Waals surface area (Å²) in [5.41, 5.74) is 1.05. The molecule has 0 atom stereocenters. The predicted octanol–water partition coefficient (Wildman–Crippen LogP) is 2.79. The molecule has 0 spiro atoms. The average molecular weight is 238 g/mol. The van der Waals surface area contributed by atoms with E-state index in [2.05, 4.69) is 38.3 Å². The summed E-state index contributed by atoms with van der Waals surface area (Å²) in [6.07, 6.45) is 5.64. The summed E-state index contributed by atoms with van der Waals surface area (Å²) in [5.74, 6) is 0.849. The van der Waals surface area contributed by atoms with Crippen molar-refractivity contribution in [3.05, 3.63) is 0 Å². The lowest BCUT2D eigenvalue weighted by molar-refractivity contribution is 0.457. The van der Waals surface area contributed by atoms with Gasteiger partial charge in [-0.05, 0) is 36.1 Å². The van der Waals surface area contributed by atoms with Crippen LogP contribution in [0, 0.1) is 16.7 Å². The lowest BCUT2D eigenvalue weighted by Crippen LogP contribution is -2.34. The van der Waals surface area contributed by atoms with E-state index in [0.717, 1.165) is 25.0 Å². The van der Waals surface area contributed by atoms with Crippen LogP contribution >= 0.6 is 0 Å². The second-order valence-corrected chi connectivity index (χ2v) is 7.14. The zero-order chi connectivity index (χ0) is 12.5. The van der Waals surface area contributed by atoms with Crippen LogP contribution in [0.4, 0.5) is 0 Å². The Balaban J connectivity index is 1.52. The van der Waals surface area contributed by atoms with E-state index < -0.39 is 0 Å². The van der Waals surface area contributed by atoms with E-state index in [1.807, 2.05) is 0 Å². The van der Waals surface area contributed by atoms with Crippen molar-refractivity contribution in [1.82, 2.24) is 10.6 Å². The average Bonchev–Trinajstić information content (AvgIpc) is 2.65. The van der Waals surface area contributed by atoms with Gasteiger partial charge in [0.05, 0.1) is 0 Å². The highest BCUT2D eigenvalue weighted by Crippen LogP contribution is 2.67. The van der Waals surface area contributed by atoms with Crippen LogP contribution in [-0.2, 0) is 0 Å². The van der Waals surface area contributed by atoms with Gasteiger partial charge in [-0.25, -0.2) is 0 Å². The Kier molecular flexibility index (Phi) is 3.84. The van der Waals surface area contributed by atoms with E-state index >= 15 is 0 Å². The number of hydrogen-bond donors (Lipinski definition) is 2. The highest BCUT2D eigenvalue weighted by atomic mass is 15.0. The predicted molar refractivity (Wildman–Crippen MR) is 74.2 cm³/mol. The lowest BCUT2D eigenvalue weighted by atomic mass is 10.0. The normalized spacial score (nSPS) is 27.5. The molecular formula is C15H30N2. The van der Waals surface area contributed by atoms with Gasteiger partial charge < -0.3 is 10.6 Å². The van der Waals surface area contributed by atoms with Crippen LogP contribution in [0.2, 0.25) is 0 Å². The maximum atomic E-state index is 3.65. The van der Waals surface area contributed by atoms with Crippen molar-refractivity contribution in [3.8, 4) is 0 Å². The standard InChI is InChI=1S/C15H30N2/c1-14(2)13(15(14,3)4)11-16-9-10-17-12-7-5-6-8-12/h12-13,16-17H,5-11H2,1-4H3. The Hall–Kier alpha value is -0.0800. The molecule has 0 saturated heterocycles. The molecule has 2 nitrogen and oxygen atoms in total. The van der Waals surface area contributed by atoms with Crippen LogP contribution in [0.3, 0.4) is 0 Å². The number of rotatable bonds is 6. The Morgan fingerprint density at radius 3 is 2.06 bits per heavy atom. The van der Waals surface area contributed by atoms with Gasteiger partial charge in [-0.15, -0.1) is 0 Å². The van der Waals surface area contributed by atoms with Gasteiger partial charge >= 0.3 is 0 Å². The van der Waals surface area contributed by atoms with Crippen molar-refractivity contribution in [2.75, 3.05) is 19.6 Å². The fourth-order valence-electron chi connectivity index (χ4n) is 3.58. The highest BCUT2D eigenvalue weighted by Gasteiger charge is 2.63. The monoisotopic (exact) mass is 238 g/mol. The van der Waals surface area contributed by atoms with E-state index in [1.54, 1.807) is 0 Å². The number of hydrogen-bond acceptors (Lipinski definition) is 2. The molecule has 17 heavy (non-hydrogen) atoms. The smallest absolute Gasteiger partial charge is 0.00793 e. The molecule has 2 aliphatic rings. The first-order valence-corrected chi connectivity index (χ1v) is 7.40. The van der Waals surface area contributed by atoms with Gasteiger partial charge in [-0.1, -0.05) is 40.5 Å². The summed E-state index contributed by atoms with van der Waals surface area (Å²) in [4.78, 5) is 0. The van der Waals surface area contributed by atoms with Crippen molar-refractivity contribution in [2.45, 2.75) is 59.4 Å².